The van der Waals surface area contributed by atoms with Crippen LogP contribution < -0.4 is 5.73 Å². The minimum Gasteiger partial charge on any atom is -0.330 e. The Hall–Kier alpha value is -1.94. The molecule has 4 heteroatoms. The van der Waals surface area contributed by atoms with Gasteiger partial charge in [0.25, 0.3) is 0 Å². The monoisotopic (exact) mass is 283 g/mol. The number of carbonyl (C=O) groups is 1. The second kappa shape index (κ2) is 5.11. The van der Waals surface area contributed by atoms with Gasteiger partial charge in [0.1, 0.15) is 0 Å². The van der Waals surface area contributed by atoms with Crippen molar-refractivity contribution in [3.63, 3.8) is 0 Å². The van der Waals surface area contributed by atoms with Crippen LogP contribution in [0.15, 0.2) is 30.3 Å². The van der Waals surface area contributed by atoms with E-state index in [9.17, 15) is 4.79 Å². The summed E-state index contributed by atoms with van der Waals surface area (Å²) in [6.45, 7) is 4.78. The molecule has 1 aromatic heterocycles. The number of hydrogen-bond donors (Lipinski definition) is 1. The van der Waals surface area contributed by atoms with Crippen molar-refractivity contribution in [1.82, 2.24) is 9.78 Å². The largest absolute Gasteiger partial charge is 0.330 e. The van der Waals surface area contributed by atoms with Gasteiger partial charge in [0.15, 0.2) is 5.78 Å². The summed E-state index contributed by atoms with van der Waals surface area (Å²) in [5.41, 5.74) is 9.35. The lowest BCUT2D eigenvalue weighted by molar-refractivity contribution is 0.0910. The van der Waals surface area contributed by atoms with Crippen molar-refractivity contribution in [2.24, 2.45) is 11.1 Å². The molecule has 0 spiro atoms. The van der Waals surface area contributed by atoms with Gasteiger partial charge in [0.2, 0.25) is 0 Å². The minimum atomic E-state index is -0.0172. The molecule has 1 aliphatic rings. The molecule has 1 aliphatic carbocycles. The summed E-state index contributed by atoms with van der Waals surface area (Å²) in [5, 5.41) is 4.68. The Bertz CT molecular complexity index is 671. The van der Waals surface area contributed by atoms with Crippen molar-refractivity contribution in [2.45, 2.75) is 33.1 Å². The second-order valence-corrected chi connectivity index (χ2v) is 6.50. The molecule has 0 saturated carbocycles. The van der Waals surface area contributed by atoms with E-state index in [4.69, 9.17) is 5.73 Å². The van der Waals surface area contributed by atoms with Crippen molar-refractivity contribution >= 4 is 5.78 Å². The molecule has 0 atom stereocenters. The fraction of sp³-hybridized carbons (Fsp3) is 0.412. The van der Waals surface area contributed by atoms with Gasteiger partial charge in [-0.15, -0.1) is 0 Å². The van der Waals surface area contributed by atoms with E-state index < -0.39 is 0 Å². The summed E-state index contributed by atoms with van der Waals surface area (Å²) in [4.78, 5) is 12.5. The fourth-order valence-electron chi connectivity index (χ4n) is 3.12. The Morgan fingerprint density at radius 2 is 1.95 bits per heavy atom. The van der Waals surface area contributed by atoms with Gasteiger partial charge in [-0.2, -0.15) is 5.10 Å². The van der Waals surface area contributed by atoms with Crippen LogP contribution in [-0.4, -0.2) is 22.1 Å². The molecule has 2 aromatic rings. The first-order valence-electron chi connectivity index (χ1n) is 7.41. The molecule has 4 nitrogen and oxygen atoms in total. The summed E-state index contributed by atoms with van der Waals surface area (Å²) < 4.78 is 1.93. The third kappa shape index (κ3) is 2.51. The molecule has 0 bridgehead atoms. The third-order valence-corrected chi connectivity index (χ3v) is 4.00. The predicted molar refractivity (Wildman–Crippen MR) is 82.8 cm³/mol. The Kier molecular flexibility index (Phi) is 3.41. The lowest BCUT2D eigenvalue weighted by atomic mass is 9.75. The van der Waals surface area contributed by atoms with E-state index in [-0.39, 0.29) is 11.2 Å². The van der Waals surface area contributed by atoms with Crippen LogP contribution in [0.2, 0.25) is 0 Å². The Morgan fingerprint density at radius 1 is 1.24 bits per heavy atom. The number of para-hydroxylation sites is 1. The van der Waals surface area contributed by atoms with Crippen LogP contribution in [-0.2, 0) is 12.8 Å². The summed E-state index contributed by atoms with van der Waals surface area (Å²) in [7, 11) is 0. The number of ketones is 1. The van der Waals surface area contributed by atoms with Gasteiger partial charge in [-0.25, -0.2) is 4.68 Å². The zero-order valence-electron chi connectivity index (χ0n) is 12.6. The van der Waals surface area contributed by atoms with Crippen molar-refractivity contribution in [3.8, 4) is 5.69 Å². The van der Waals surface area contributed by atoms with Crippen molar-refractivity contribution < 1.29 is 4.79 Å². The average Bonchev–Trinajstić information content (AvgIpc) is 2.77. The van der Waals surface area contributed by atoms with E-state index in [0.29, 0.717) is 19.4 Å². The van der Waals surface area contributed by atoms with E-state index in [2.05, 4.69) is 18.9 Å². The number of hydrogen-bond acceptors (Lipinski definition) is 3. The highest BCUT2D eigenvalue weighted by Crippen LogP contribution is 2.37. The number of fused-ring (bicyclic) bond motifs is 1. The SMILES string of the molecule is CC1(C)CC(=O)c2c(CCN)nn(-c3ccccc3)c2C1. The molecule has 0 amide bonds. The Labute approximate surface area is 125 Å². The highest BCUT2D eigenvalue weighted by molar-refractivity contribution is 6.00. The van der Waals surface area contributed by atoms with Crippen LogP contribution in [0.1, 0.15) is 42.0 Å². The summed E-state index contributed by atoms with van der Waals surface area (Å²) in [5.74, 6) is 0.201. The molecule has 21 heavy (non-hydrogen) atoms. The van der Waals surface area contributed by atoms with Crippen LogP contribution in [0.5, 0.6) is 0 Å². The lowest BCUT2D eigenvalue weighted by Crippen LogP contribution is -2.28. The first-order valence-corrected chi connectivity index (χ1v) is 7.41. The van der Waals surface area contributed by atoms with E-state index in [1.807, 2.05) is 35.0 Å². The topological polar surface area (TPSA) is 60.9 Å². The van der Waals surface area contributed by atoms with Crippen molar-refractivity contribution in [1.29, 1.82) is 0 Å². The standard InChI is InChI=1S/C17H21N3O/c1-17(2)10-14-16(15(21)11-17)13(8-9-18)19-20(14)12-6-4-3-5-7-12/h3-7H,8-11,18H2,1-2H3. The Balaban J connectivity index is 2.18. The van der Waals surface area contributed by atoms with Gasteiger partial charge in [0.05, 0.1) is 22.6 Å². The van der Waals surface area contributed by atoms with Gasteiger partial charge in [0, 0.05) is 12.8 Å². The van der Waals surface area contributed by atoms with Crippen LogP contribution >= 0.6 is 0 Å². The van der Waals surface area contributed by atoms with E-state index in [1.165, 1.54) is 0 Å². The van der Waals surface area contributed by atoms with Gasteiger partial charge in [-0.3, -0.25) is 4.79 Å². The molecule has 0 unspecified atom stereocenters. The molecule has 1 aromatic carbocycles. The van der Waals surface area contributed by atoms with Crippen LogP contribution in [0, 0.1) is 5.41 Å². The van der Waals surface area contributed by atoms with E-state index in [0.717, 1.165) is 29.1 Å². The number of nitrogens with two attached hydrogens (primary N) is 1. The average molecular weight is 283 g/mol. The molecule has 0 aliphatic heterocycles. The second-order valence-electron chi connectivity index (χ2n) is 6.50. The lowest BCUT2D eigenvalue weighted by Gasteiger charge is -2.29. The normalized spacial score (nSPS) is 16.8. The molecule has 1 heterocycles. The predicted octanol–water partition coefficient (Wildman–Crippen LogP) is 2.53. The number of carbonyl (C=O) groups excluding carboxylic acids is 1. The highest BCUT2D eigenvalue weighted by atomic mass is 16.1. The smallest absolute Gasteiger partial charge is 0.167 e. The zero-order chi connectivity index (χ0) is 15.0. The molecule has 0 saturated heterocycles. The zero-order valence-corrected chi connectivity index (χ0v) is 12.6. The molecule has 0 fully saturated rings. The molecular weight excluding hydrogens is 262 g/mol. The molecular formula is C17H21N3O. The van der Waals surface area contributed by atoms with Gasteiger partial charge >= 0.3 is 0 Å². The number of aromatic nitrogens is 2. The first-order chi connectivity index (χ1) is 10.0. The molecule has 2 N–H and O–H groups in total. The van der Waals surface area contributed by atoms with E-state index in [1.54, 1.807) is 0 Å². The number of Topliss-reactive ketones (excluding diaryl/α,β-unsaturated/α-hetero) is 1. The van der Waals surface area contributed by atoms with Crippen LogP contribution in [0.3, 0.4) is 0 Å². The van der Waals surface area contributed by atoms with Crippen LogP contribution in [0.4, 0.5) is 0 Å². The molecule has 110 valence electrons. The van der Waals surface area contributed by atoms with Gasteiger partial charge in [-0.05, 0) is 30.5 Å². The minimum absolute atomic E-state index is 0.0172. The number of nitrogens with zero attached hydrogens (tertiary/aromatic N) is 2. The number of benzene rings is 1. The maximum Gasteiger partial charge on any atom is 0.167 e. The highest BCUT2D eigenvalue weighted by Gasteiger charge is 2.36. The fourth-order valence-corrected chi connectivity index (χ4v) is 3.12. The molecule has 0 radical (unpaired) electrons. The van der Waals surface area contributed by atoms with E-state index >= 15 is 0 Å². The van der Waals surface area contributed by atoms with Gasteiger partial charge < -0.3 is 5.73 Å². The number of rotatable bonds is 3. The molecule has 3 rings (SSSR count). The van der Waals surface area contributed by atoms with Crippen molar-refractivity contribution in [2.75, 3.05) is 6.54 Å². The van der Waals surface area contributed by atoms with Crippen LogP contribution in [0.25, 0.3) is 5.69 Å². The summed E-state index contributed by atoms with van der Waals surface area (Å²) in [6, 6.07) is 10.00. The quantitative estimate of drug-likeness (QED) is 0.941. The van der Waals surface area contributed by atoms with Crippen molar-refractivity contribution in [3.05, 3.63) is 47.3 Å². The Morgan fingerprint density at radius 3 is 2.62 bits per heavy atom. The maximum absolute atomic E-state index is 12.5. The summed E-state index contributed by atoms with van der Waals surface area (Å²) in [6.07, 6.45) is 2.09. The maximum atomic E-state index is 12.5. The van der Waals surface area contributed by atoms with Gasteiger partial charge in [-0.1, -0.05) is 32.0 Å². The first kappa shape index (κ1) is 14.0. The summed E-state index contributed by atoms with van der Waals surface area (Å²) >= 11 is 0. The third-order valence-electron chi connectivity index (χ3n) is 4.00.